The first kappa shape index (κ1) is 22.2. The molecule has 0 aliphatic carbocycles. The van der Waals surface area contributed by atoms with Crippen molar-refractivity contribution in [2.75, 3.05) is 20.3 Å². The van der Waals surface area contributed by atoms with Crippen LogP contribution >= 0.6 is 12.4 Å². The molecule has 0 fully saturated rings. The molecule has 28 heavy (non-hydrogen) atoms. The van der Waals surface area contributed by atoms with Crippen molar-refractivity contribution in [3.63, 3.8) is 0 Å². The van der Waals surface area contributed by atoms with Crippen molar-refractivity contribution < 1.29 is 14.3 Å². The maximum absolute atomic E-state index is 5.99. The van der Waals surface area contributed by atoms with Crippen LogP contribution in [-0.2, 0) is 22.5 Å². The van der Waals surface area contributed by atoms with E-state index in [0.29, 0.717) is 19.8 Å². The van der Waals surface area contributed by atoms with Crippen LogP contribution < -0.4 is 10.5 Å². The summed E-state index contributed by atoms with van der Waals surface area (Å²) >= 11 is 0. The first-order valence-electron chi connectivity index (χ1n) is 9.51. The Labute approximate surface area is 173 Å². The second-order valence-corrected chi connectivity index (χ2v) is 6.73. The van der Waals surface area contributed by atoms with Gasteiger partial charge in [0, 0.05) is 25.6 Å². The minimum absolute atomic E-state index is 0. The summed E-state index contributed by atoms with van der Waals surface area (Å²) in [7, 11) is 1.77. The molecule has 0 amide bonds. The largest absolute Gasteiger partial charge is 0.494 e. The standard InChI is InChI=1S/C22H28N2O3.ClH/c1-25-20(13-17-6-3-2-4-7-17)8-5-10-26-21-14-18(16-23)12-19(15-21)22-9-11-27-24-22;/h2-4,6-7,12,14-15,20H,5,8-11,13,16,23H2,1H3;1H. The molecular formula is C22H29ClN2O3. The van der Waals surface area contributed by atoms with Crippen molar-refractivity contribution in [2.24, 2.45) is 10.9 Å². The van der Waals surface area contributed by atoms with Crippen molar-refractivity contribution in [3.05, 3.63) is 65.2 Å². The minimum Gasteiger partial charge on any atom is -0.494 e. The molecule has 6 heteroatoms. The van der Waals surface area contributed by atoms with Crippen LogP contribution in [0.1, 0.15) is 36.0 Å². The lowest BCUT2D eigenvalue weighted by atomic mass is 10.0. The number of ether oxygens (including phenoxy) is 2. The summed E-state index contributed by atoms with van der Waals surface area (Å²) in [5.41, 5.74) is 10.2. The zero-order chi connectivity index (χ0) is 18.9. The third-order valence-corrected chi connectivity index (χ3v) is 4.72. The van der Waals surface area contributed by atoms with Gasteiger partial charge in [0.1, 0.15) is 12.4 Å². The van der Waals surface area contributed by atoms with E-state index in [1.54, 1.807) is 7.11 Å². The molecule has 1 aliphatic rings. The van der Waals surface area contributed by atoms with Gasteiger partial charge in [-0.1, -0.05) is 35.5 Å². The van der Waals surface area contributed by atoms with Gasteiger partial charge in [-0.25, -0.2) is 0 Å². The lowest BCUT2D eigenvalue weighted by Crippen LogP contribution is -2.15. The molecule has 0 aromatic heterocycles. The summed E-state index contributed by atoms with van der Waals surface area (Å²) in [6.07, 6.45) is 3.83. The SMILES string of the molecule is COC(CCCOc1cc(CN)cc(C2=NOCC2)c1)Cc1ccccc1.Cl. The summed E-state index contributed by atoms with van der Waals surface area (Å²) in [5, 5.41) is 4.10. The average molecular weight is 405 g/mol. The zero-order valence-electron chi connectivity index (χ0n) is 16.3. The molecule has 0 radical (unpaired) electrons. The highest BCUT2D eigenvalue weighted by Crippen LogP contribution is 2.21. The number of nitrogens with zero attached hydrogens (tertiary/aromatic N) is 1. The van der Waals surface area contributed by atoms with Crippen LogP contribution in [0.2, 0.25) is 0 Å². The van der Waals surface area contributed by atoms with E-state index in [4.69, 9.17) is 20.0 Å². The maximum Gasteiger partial charge on any atom is 0.122 e. The van der Waals surface area contributed by atoms with Gasteiger partial charge in [-0.15, -0.1) is 12.4 Å². The van der Waals surface area contributed by atoms with E-state index in [1.165, 1.54) is 5.56 Å². The zero-order valence-corrected chi connectivity index (χ0v) is 17.1. The fourth-order valence-electron chi connectivity index (χ4n) is 3.22. The van der Waals surface area contributed by atoms with E-state index in [9.17, 15) is 0 Å². The van der Waals surface area contributed by atoms with Crippen molar-refractivity contribution in [1.82, 2.24) is 0 Å². The summed E-state index contributed by atoms with van der Waals surface area (Å²) in [4.78, 5) is 5.11. The van der Waals surface area contributed by atoms with Gasteiger partial charge in [-0.05, 0) is 48.6 Å². The Hall–Kier alpha value is -2.08. The Bertz CT molecular complexity index is 753. The second kappa shape index (κ2) is 11.7. The Morgan fingerprint density at radius 3 is 2.64 bits per heavy atom. The molecule has 1 aliphatic heterocycles. The predicted molar refractivity (Wildman–Crippen MR) is 114 cm³/mol. The molecular weight excluding hydrogens is 376 g/mol. The van der Waals surface area contributed by atoms with E-state index in [1.807, 2.05) is 18.2 Å². The number of benzene rings is 2. The van der Waals surface area contributed by atoms with Crippen molar-refractivity contribution in [2.45, 2.75) is 38.3 Å². The van der Waals surface area contributed by atoms with Crippen molar-refractivity contribution in [3.8, 4) is 5.75 Å². The first-order valence-corrected chi connectivity index (χ1v) is 9.51. The number of oxime groups is 1. The van der Waals surface area contributed by atoms with Gasteiger partial charge in [-0.3, -0.25) is 0 Å². The normalized spacial score (nSPS) is 14.0. The molecule has 1 heterocycles. The van der Waals surface area contributed by atoms with Crippen molar-refractivity contribution in [1.29, 1.82) is 0 Å². The minimum atomic E-state index is 0. The third-order valence-electron chi connectivity index (χ3n) is 4.72. The molecule has 2 N–H and O–H groups in total. The van der Waals surface area contributed by atoms with E-state index in [0.717, 1.165) is 48.3 Å². The molecule has 0 spiro atoms. The maximum atomic E-state index is 5.99. The molecule has 1 unspecified atom stereocenters. The summed E-state index contributed by atoms with van der Waals surface area (Å²) in [5.74, 6) is 0.833. The lowest BCUT2D eigenvalue weighted by molar-refractivity contribution is 0.0894. The van der Waals surface area contributed by atoms with Crippen LogP contribution in [0.3, 0.4) is 0 Å². The van der Waals surface area contributed by atoms with Gasteiger partial charge >= 0.3 is 0 Å². The van der Waals surface area contributed by atoms with Gasteiger partial charge in [0.05, 0.1) is 18.4 Å². The fourth-order valence-corrected chi connectivity index (χ4v) is 3.22. The fraction of sp³-hybridized carbons (Fsp3) is 0.409. The summed E-state index contributed by atoms with van der Waals surface area (Å²) in [6, 6.07) is 16.5. The summed E-state index contributed by atoms with van der Waals surface area (Å²) in [6.45, 7) is 1.75. The molecule has 5 nitrogen and oxygen atoms in total. The second-order valence-electron chi connectivity index (χ2n) is 6.73. The van der Waals surface area contributed by atoms with Crippen LogP contribution in [0.4, 0.5) is 0 Å². The number of halogens is 1. The number of hydrogen-bond acceptors (Lipinski definition) is 5. The Kier molecular flexibility index (Phi) is 9.28. The molecule has 2 aromatic rings. The number of rotatable bonds is 10. The lowest BCUT2D eigenvalue weighted by Gasteiger charge is -2.16. The third kappa shape index (κ3) is 6.51. The van der Waals surface area contributed by atoms with Gasteiger partial charge in [0.25, 0.3) is 0 Å². The topological polar surface area (TPSA) is 66.1 Å². The van der Waals surface area contributed by atoms with Crippen LogP contribution in [-0.4, -0.2) is 32.1 Å². The number of hydrogen-bond donors (Lipinski definition) is 1. The quantitative estimate of drug-likeness (QED) is 0.605. The number of methoxy groups -OCH3 is 1. The van der Waals surface area contributed by atoms with E-state index in [2.05, 4.69) is 35.5 Å². The molecule has 152 valence electrons. The Morgan fingerprint density at radius 2 is 1.96 bits per heavy atom. The van der Waals surface area contributed by atoms with Gasteiger partial charge in [-0.2, -0.15) is 0 Å². The molecule has 1 atom stereocenters. The smallest absolute Gasteiger partial charge is 0.122 e. The highest BCUT2D eigenvalue weighted by Gasteiger charge is 2.13. The van der Waals surface area contributed by atoms with Crippen LogP contribution in [0, 0.1) is 0 Å². The Balaban J connectivity index is 0.00000280. The van der Waals surface area contributed by atoms with E-state index in [-0.39, 0.29) is 18.5 Å². The van der Waals surface area contributed by atoms with Crippen LogP contribution in [0.5, 0.6) is 5.75 Å². The van der Waals surface area contributed by atoms with Crippen LogP contribution in [0.15, 0.2) is 53.7 Å². The Morgan fingerprint density at radius 1 is 1.14 bits per heavy atom. The summed E-state index contributed by atoms with van der Waals surface area (Å²) < 4.78 is 11.6. The molecule has 3 rings (SSSR count). The van der Waals surface area contributed by atoms with E-state index < -0.39 is 0 Å². The highest BCUT2D eigenvalue weighted by molar-refractivity contribution is 6.01. The van der Waals surface area contributed by atoms with Crippen LogP contribution in [0.25, 0.3) is 0 Å². The monoisotopic (exact) mass is 404 g/mol. The van der Waals surface area contributed by atoms with Gasteiger partial charge in [0.15, 0.2) is 0 Å². The van der Waals surface area contributed by atoms with Crippen molar-refractivity contribution >= 4 is 18.1 Å². The first-order chi connectivity index (χ1) is 13.3. The molecule has 0 bridgehead atoms. The van der Waals surface area contributed by atoms with Gasteiger partial charge in [0.2, 0.25) is 0 Å². The average Bonchev–Trinajstić information content (AvgIpc) is 3.25. The van der Waals surface area contributed by atoms with Gasteiger partial charge < -0.3 is 20.0 Å². The number of nitrogens with two attached hydrogens (primary N) is 1. The van der Waals surface area contributed by atoms with E-state index >= 15 is 0 Å². The molecule has 0 saturated carbocycles. The predicted octanol–water partition coefficient (Wildman–Crippen LogP) is 4.11. The molecule has 2 aromatic carbocycles. The molecule has 0 saturated heterocycles. The highest BCUT2D eigenvalue weighted by atomic mass is 35.5.